The average Bonchev–Trinajstić information content (AvgIpc) is 3.09. The number of hydrogen-bond donors (Lipinski definition) is 1. The third kappa shape index (κ3) is 2.65. The van der Waals surface area contributed by atoms with Crippen molar-refractivity contribution < 1.29 is 8.91 Å². The zero-order valence-electron chi connectivity index (χ0n) is 12.7. The predicted molar refractivity (Wildman–Crippen MR) is 80.8 cm³/mol. The van der Waals surface area contributed by atoms with Crippen LogP contribution in [0.2, 0.25) is 0 Å². The number of nitrogens with one attached hydrogen (secondary N) is 1. The van der Waals surface area contributed by atoms with E-state index in [0.29, 0.717) is 40.8 Å². The average molecular weight is 301 g/mol. The highest BCUT2D eigenvalue weighted by Crippen LogP contribution is 2.32. The lowest BCUT2D eigenvalue weighted by molar-refractivity contribution is 0.270. The summed E-state index contributed by atoms with van der Waals surface area (Å²) in [5.74, 6) is 1.52. The minimum absolute atomic E-state index is 0.237. The predicted octanol–water partition coefficient (Wildman–Crippen LogP) is 3.26. The molecule has 4 nitrogen and oxygen atoms in total. The highest BCUT2D eigenvalue weighted by molar-refractivity contribution is 5.54. The summed E-state index contributed by atoms with van der Waals surface area (Å²) in [6, 6.07) is 6.37. The maximum absolute atomic E-state index is 13.6. The Morgan fingerprint density at radius 2 is 2.05 bits per heavy atom. The molecule has 0 radical (unpaired) electrons. The Balaban J connectivity index is 1.48. The number of rotatable bonds is 3. The summed E-state index contributed by atoms with van der Waals surface area (Å²) in [4.78, 5) is 4.45. The Morgan fingerprint density at radius 1 is 1.27 bits per heavy atom. The van der Waals surface area contributed by atoms with Crippen molar-refractivity contribution in [2.24, 2.45) is 5.92 Å². The Hall–Kier alpha value is -1.75. The number of aromatic nitrogens is 2. The number of aryl methyl sites for hydroxylation is 1. The van der Waals surface area contributed by atoms with Gasteiger partial charge in [0.1, 0.15) is 5.82 Å². The maximum Gasteiger partial charge on any atom is 0.227 e. The number of hydrogen-bond acceptors (Lipinski definition) is 4. The van der Waals surface area contributed by atoms with Crippen molar-refractivity contribution >= 4 is 0 Å². The third-order valence-corrected chi connectivity index (χ3v) is 4.93. The molecule has 1 aromatic heterocycles. The molecule has 2 fully saturated rings. The van der Waals surface area contributed by atoms with E-state index in [0.717, 1.165) is 6.42 Å². The first kappa shape index (κ1) is 13.9. The summed E-state index contributed by atoms with van der Waals surface area (Å²) in [5.41, 5.74) is 1.29. The molecule has 2 atom stereocenters. The van der Waals surface area contributed by atoms with Gasteiger partial charge >= 0.3 is 0 Å². The second-order valence-electron chi connectivity index (χ2n) is 6.66. The largest absolute Gasteiger partial charge is 0.339 e. The minimum atomic E-state index is -0.237. The fraction of sp³-hybridized carbons (Fsp3) is 0.529. The van der Waals surface area contributed by atoms with Gasteiger partial charge in [-0.25, -0.2) is 4.39 Å². The van der Waals surface area contributed by atoms with Gasteiger partial charge in [0, 0.05) is 24.1 Å². The Morgan fingerprint density at radius 3 is 2.77 bits per heavy atom. The summed E-state index contributed by atoms with van der Waals surface area (Å²) in [5, 5.41) is 7.65. The van der Waals surface area contributed by atoms with Gasteiger partial charge in [0.15, 0.2) is 0 Å². The number of nitrogens with zero attached hydrogens (tertiary/aromatic N) is 2. The quantitative estimate of drug-likeness (QED) is 0.945. The topological polar surface area (TPSA) is 51.0 Å². The molecule has 5 heteroatoms. The van der Waals surface area contributed by atoms with Crippen molar-refractivity contribution in [3.05, 3.63) is 35.5 Å². The van der Waals surface area contributed by atoms with Gasteiger partial charge in [-0.2, -0.15) is 4.98 Å². The van der Waals surface area contributed by atoms with E-state index in [1.54, 1.807) is 13.0 Å². The number of benzene rings is 1. The lowest BCUT2D eigenvalue weighted by Crippen LogP contribution is -2.38. The Bertz CT molecular complexity index is 672. The van der Waals surface area contributed by atoms with E-state index in [1.165, 1.54) is 31.7 Å². The van der Waals surface area contributed by atoms with E-state index in [-0.39, 0.29) is 5.82 Å². The van der Waals surface area contributed by atoms with E-state index in [4.69, 9.17) is 4.52 Å². The van der Waals surface area contributed by atoms with Crippen LogP contribution in [0.15, 0.2) is 22.7 Å². The van der Waals surface area contributed by atoms with Crippen LogP contribution in [0.25, 0.3) is 11.4 Å². The molecule has 0 aliphatic carbocycles. The van der Waals surface area contributed by atoms with Crippen LogP contribution in [0.5, 0.6) is 0 Å². The molecular weight excluding hydrogens is 281 g/mol. The first-order chi connectivity index (χ1) is 10.7. The van der Waals surface area contributed by atoms with Crippen molar-refractivity contribution in [1.82, 2.24) is 15.5 Å². The van der Waals surface area contributed by atoms with Gasteiger partial charge in [-0.3, -0.25) is 0 Å². The summed E-state index contributed by atoms with van der Waals surface area (Å²) < 4.78 is 19.0. The number of halogens is 1. The molecule has 3 heterocycles. The molecule has 0 amide bonds. The molecule has 2 bridgehead atoms. The van der Waals surface area contributed by atoms with E-state index in [9.17, 15) is 4.39 Å². The van der Waals surface area contributed by atoms with E-state index in [1.807, 2.05) is 6.07 Å². The van der Waals surface area contributed by atoms with Crippen molar-refractivity contribution in [2.45, 2.75) is 51.1 Å². The second kappa shape index (κ2) is 5.47. The molecule has 0 spiro atoms. The lowest BCUT2D eigenvalue weighted by atomic mass is 9.90. The van der Waals surface area contributed by atoms with Gasteiger partial charge in [0.05, 0.1) is 0 Å². The van der Waals surface area contributed by atoms with Crippen LogP contribution in [0.4, 0.5) is 4.39 Å². The van der Waals surface area contributed by atoms with Gasteiger partial charge in [-0.15, -0.1) is 0 Å². The molecule has 0 saturated carbocycles. The van der Waals surface area contributed by atoms with E-state index < -0.39 is 0 Å². The summed E-state index contributed by atoms with van der Waals surface area (Å²) >= 11 is 0. The molecule has 1 N–H and O–H groups in total. The zero-order valence-corrected chi connectivity index (χ0v) is 12.7. The molecular formula is C17H20FN3O. The van der Waals surface area contributed by atoms with E-state index in [2.05, 4.69) is 15.5 Å². The molecule has 2 aliphatic rings. The summed E-state index contributed by atoms with van der Waals surface area (Å²) in [6.07, 6.45) is 5.79. The van der Waals surface area contributed by atoms with Crippen LogP contribution < -0.4 is 5.32 Å². The monoisotopic (exact) mass is 301 g/mol. The molecule has 2 unspecified atom stereocenters. The van der Waals surface area contributed by atoms with Crippen molar-refractivity contribution in [3.63, 3.8) is 0 Å². The van der Waals surface area contributed by atoms with Gasteiger partial charge < -0.3 is 9.84 Å². The molecule has 1 aromatic carbocycles. The van der Waals surface area contributed by atoms with Gasteiger partial charge in [-0.1, -0.05) is 17.3 Å². The van der Waals surface area contributed by atoms with Crippen LogP contribution in [0.3, 0.4) is 0 Å². The molecule has 4 rings (SSSR count). The number of piperidine rings is 1. The Labute approximate surface area is 129 Å². The number of fused-ring (bicyclic) bond motifs is 2. The maximum atomic E-state index is 13.6. The third-order valence-electron chi connectivity index (χ3n) is 4.93. The van der Waals surface area contributed by atoms with Crippen LogP contribution in [0, 0.1) is 18.7 Å². The minimum Gasteiger partial charge on any atom is -0.339 e. The zero-order chi connectivity index (χ0) is 15.1. The van der Waals surface area contributed by atoms with Gasteiger partial charge in [0.2, 0.25) is 11.7 Å². The van der Waals surface area contributed by atoms with Crippen LogP contribution in [-0.4, -0.2) is 22.2 Å². The van der Waals surface area contributed by atoms with Crippen LogP contribution in [0.1, 0.15) is 37.1 Å². The highest BCUT2D eigenvalue weighted by atomic mass is 19.1. The molecule has 22 heavy (non-hydrogen) atoms. The first-order valence-electron chi connectivity index (χ1n) is 8.02. The van der Waals surface area contributed by atoms with Gasteiger partial charge in [0.25, 0.3) is 0 Å². The summed E-state index contributed by atoms with van der Waals surface area (Å²) in [7, 11) is 0. The first-order valence-corrected chi connectivity index (χ1v) is 8.02. The SMILES string of the molecule is Cc1ccc(-c2noc(CC3CC4CCC(C3)N4)n2)cc1F. The molecule has 2 saturated heterocycles. The molecule has 2 aliphatic heterocycles. The summed E-state index contributed by atoms with van der Waals surface area (Å²) in [6.45, 7) is 1.74. The molecule has 116 valence electrons. The van der Waals surface area contributed by atoms with Crippen LogP contribution >= 0.6 is 0 Å². The smallest absolute Gasteiger partial charge is 0.227 e. The highest BCUT2D eigenvalue weighted by Gasteiger charge is 2.34. The Kier molecular flexibility index (Phi) is 3.45. The fourth-order valence-corrected chi connectivity index (χ4v) is 3.78. The second-order valence-corrected chi connectivity index (χ2v) is 6.66. The van der Waals surface area contributed by atoms with E-state index >= 15 is 0 Å². The van der Waals surface area contributed by atoms with Crippen molar-refractivity contribution in [3.8, 4) is 11.4 Å². The van der Waals surface area contributed by atoms with Crippen LogP contribution in [-0.2, 0) is 6.42 Å². The standard InChI is InChI=1S/C17H20FN3O/c1-10-2-3-12(9-15(10)18)17-20-16(22-21-17)8-11-6-13-4-5-14(7-11)19-13/h2-3,9,11,13-14,19H,4-8H2,1H3. The van der Waals surface area contributed by atoms with Gasteiger partial charge in [-0.05, 0) is 50.2 Å². The lowest BCUT2D eigenvalue weighted by Gasteiger charge is -2.27. The van der Waals surface area contributed by atoms with Crippen molar-refractivity contribution in [1.29, 1.82) is 0 Å². The normalized spacial score (nSPS) is 27.3. The molecule has 2 aromatic rings. The van der Waals surface area contributed by atoms with Crippen molar-refractivity contribution in [2.75, 3.05) is 0 Å². The fourth-order valence-electron chi connectivity index (χ4n) is 3.78.